The van der Waals surface area contributed by atoms with Gasteiger partial charge in [-0.2, -0.15) is 0 Å². The van der Waals surface area contributed by atoms with Crippen molar-refractivity contribution in [3.8, 4) is 5.69 Å². The van der Waals surface area contributed by atoms with Crippen molar-refractivity contribution in [1.29, 1.82) is 0 Å². The number of imidazole rings is 1. The zero-order valence-electron chi connectivity index (χ0n) is 28.1. The Morgan fingerprint density at radius 3 is 1.41 bits per heavy atom. The van der Waals surface area contributed by atoms with Gasteiger partial charge in [0.15, 0.2) is 0 Å². The number of aryl methyl sites for hydroxylation is 1. The summed E-state index contributed by atoms with van der Waals surface area (Å²) in [4.78, 5) is 2.42. The molecule has 252 valence electrons. The van der Waals surface area contributed by atoms with E-state index < -0.39 is 18.2 Å². The maximum absolute atomic E-state index is 7.17. The fourth-order valence-corrected chi connectivity index (χ4v) is 9.48. The van der Waals surface area contributed by atoms with Crippen molar-refractivity contribution in [2.75, 3.05) is 18.0 Å². The first-order valence-electron chi connectivity index (χ1n) is 17.0. The molecule has 3 nitrogen and oxygen atoms in total. The van der Waals surface area contributed by atoms with E-state index in [4.69, 9.17) is 9.19 Å². The first-order valence-corrected chi connectivity index (χ1v) is 20.7. The van der Waals surface area contributed by atoms with Crippen molar-refractivity contribution in [3.05, 3.63) is 200 Å². The summed E-state index contributed by atoms with van der Waals surface area (Å²) in [6.45, 7) is 8.52. The number of aromatic nitrogens is 2. The van der Waals surface area contributed by atoms with Gasteiger partial charge in [-0.1, -0.05) is 0 Å². The van der Waals surface area contributed by atoms with Gasteiger partial charge in [-0.3, -0.25) is 0 Å². The van der Waals surface area contributed by atoms with Crippen molar-refractivity contribution in [2.45, 2.75) is 32.6 Å². The van der Waals surface area contributed by atoms with Crippen molar-refractivity contribution >= 4 is 20.5 Å². The number of hydrogen-bond donors (Lipinski definition) is 0. The fraction of sp³-hybridized carbons (Fsp3) is 0.159. The molecule has 0 unspecified atom stereocenters. The van der Waals surface area contributed by atoms with Crippen LogP contribution < -0.4 is 4.90 Å². The Labute approximate surface area is 302 Å². The molecule has 0 bridgehead atoms. The number of rotatable bonds is 10. The van der Waals surface area contributed by atoms with E-state index in [1.165, 1.54) is 50.4 Å². The Balaban J connectivity index is 1.65. The Kier molecular flexibility index (Phi) is 10.2. The van der Waals surface area contributed by atoms with E-state index >= 15 is 0 Å². The zero-order valence-corrected chi connectivity index (χ0v) is 31.0. The summed E-state index contributed by atoms with van der Waals surface area (Å²) in [6.07, 6.45) is 2.32. The van der Waals surface area contributed by atoms with Gasteiger partial charge in [0.2, 0.25) is 0 Å². The second-order valence-electron chi connectivity index (χ2n) is 12.4. The zero-order chi connectivity index (χ0) is 33.7. The van der Waals surface area contributed by atoms with Crippen molar-refractivity contribution in [3.63, 3.8) is 0 Å². The summed E-state index contributed by atoms with van der Waals surface area (Å²) in [5.41, 5.74) is 11.1. The van der Waals surface area contributed by atoms with Crippen LogP contribution in [0.4, 0.5) is 5.82 Å². The molecule has 7 aromatic rings. The molecule has 0 N–H and O–H groups in total. The molecule has 2 heterocycles. The third-order valence-corrected chi connectivity index (χ3v) is 11.7. The van der Waals surface area contributed by atoms with Crippen LogP contribution in [0.3, 0.4) is 0 Å². The molecule has 49 heavy (non-hydrogen) atoms. The molecular weight excluding hydrogens is 803 g/mol. The van der Waals surface area contributed by atoms with Crippen LogP contribution in [0.5, 0.6) is 0 Å². The Hall–Kier alpha value is -4.38. The van der Waals surface area contributed by atoms with E-state index in [0.29, 0.717) is 0 Å². The summed E-state index contributed by atoms with van der Waals surface area (Å²) >= 11 is -0.735. The molecule has 0 saturated heterocycles. The second kappa shape index (κ2) is 15.0. The van der Waals surface area contributed by atoms with E-state index in [0.717, 1.165) is 22.2 Å². The monoisotopic (exact) mass is 843 g/mol. The fourth-order valence-electron chi connectivity index (χ4n) is 7.32. The summed E-state index contributed by atoms with van der Waals surface area (Å²) in [7, 11) is 7.17. The second-order valence-corrected chi connectivity index (χ2v) is 14.7. The van der Waals surface area contributed by atoms with Crippen LogP contribution in [-0.2, 0) is 18.2 Å². The number of anilines is 1. The molecule has 7 rings (SSSR count). The first-order chi connectivity index (χ1) is 24.1. The molecule has 0 radical (unpaired) electrons. The van der Waals surface area contributed by atoms with Gasteiger partial charge in [-0.05, 0) is 0 Å². The van der Waals surface area contributed by atoms with Crippen molar-refractivity contribution in [1.82, 2.24) is 8.97 Å². The minimum atomic E-state index is -0.735. The SMILES string of the molecule is CCN(CC)c1cccc2cn(-c3c(C(c4ccccc4)c4ccccc4)cc(C)cc3C(c3ccccc3)c3ccccc3)[c](=[Au-2][Cl])n12. The van der Waals surface area contributed by atoms with Gasteiger partial charge in [-0.25, -0.2) is 0 Å². The Bertz CT molecular complexity index is 2040. The Morgan fingerprint density at radius 2 is 1.02 bits per heavy atom. The van der Waals surface area contributed by atoms with Crippen LogP contribution in [0.1, 0.15) is 64.6 Å². The molecule has 0 aliphatic heterocycles. The number of nitrogens with zero attached hydrogens (tertiary/aromatic N) is 3. The van der Waals surface area contributed by atoms with Crippen LogP contribution >= 0.6 is 9.19 Å². The van der Waals surface area contributed by atoms with Gasteiger partial charge in [0.25, 0.3) is 0 Å². The predicted octanol–water partition coefficient (Wildman–Crippen LogP) is 11.0. The molecule has 0 fully saturated rings. The van der Waals surface area contributed by atoms with Crippen LogP contribution in [0.2, 0.25) is 0 Å². The molecule has 0 atom stereocenters. The third-order valence-electron chi connectivity index (χ3n) is 9.45. The molecule has 0 saturated carbocycles. The van der Waals surface area contributed by atoms with Gasteiger partial charge in [0, 0.05) is 0 Å². The molecule has 5 aromatic carbocycles. The summed E-state index contributed by atoms with van der Waals surface area (Å²) in [5.74, 6) is 1.18. The van der Waals surface area contributed by atoms with E-state index in [1.807, 2.05) is 0 Å². The average molecular weight is 844 g/mol. The molecule has 0 aliphatic rings. The van der Waals surface area contributed by atoms with Gasteiger partial charge in [0.1, 0.15) is 0 Å². The van der Waals surface area contributed by atoms with E-state index in [2.05, 4.69) is 192 Å². The van der Waals surface area contributed by atoms with Crippen LogP contribution in [-0.4, -0.2) is 22.1 Å². The quantitative estimate of drug-likeness (QED) is 0.0987. The van der Waals surface area contributed by atoms with Crippen molar-refractivity contribution in [2.24, 2.45) is 0 Å². The number of benzene rings is 5. The van der Waals surface area contributed by atoms with Gasteiger partial charge in [0.05, 0.1) is 0 Å². The third kappa shape index (κ3) is 6.52. The van der Waals surface area contributed by atoms with Gasteiger partial charge < -0.3 is 0 Å². The number of fused-ring (bicyclic) bond motifs is 1. The van der Waals surface area contributed by atoms with Gasteiger partial charge in [-0.15, -0.1) is 0 Å². The normalized spacial score (nSPS) is 12.2. The summed E-state index contributed by atoms with van der Waals surface area (Å²) < 4.78 is 5.97. The summed E-state index contributed by atoms with van der Waals surface area (Å²) in [6, 6.07) is 55.2. The van der Waals surface area contributed by atoms with E-state index in [9.17, 15) is 0 Å². The number of halogens is 1. The van der Waals surface area contributed by atoms with Crippen molar-refractivity contribution < 1.29 is 18.2 Å². The van der Waals surface area contributed by atoms with Crippen LogP contribution in [0.25, 0.3) is 11.2 Å². The number of hydrogen-bond acceptors (Lipinski definition) is 1. The Morgan fingerprint density at radius 1 is 0.592 bits per heavy atom. The summed E-state index contributed by atoms with van der Waals surface area (Å²) in [5, 5.41) is 0. The first kappa shape index (κ1) is 33.1. The standard InChI is InChI=1S/C44H41N3.Au.ClH/c1-4-45(5-2)41-28-18-27-38-31-46(32-47(38)41)44-39(42(34-19-10-6-11-20-34)35-21-12-7-13-22-35)29-33(3)30-40(44)43(36-23-14-8-15-24-36)37-25-16-9-17-26-37;;/h6-31,42-43H,4-5H2,1-3H3;;1H/q;-1;/p-1. The number of pyridine rings is 1. The maximum atomic E-state index is 7.17. The van der Waals surface area contributed by atoms with E-state index in [-0.39, 0.29) is 11.8 Å². The predicted molar refractivity (Wildman–Crippen MR) is 202 cm³/mol. The van der Waals surface area contributed by atoms with Crippen LogP contribution in [0, 0.1) is 10.6 Å². The molecule has 0 spiro atoms. The topological polar surface area (TPSA) is 12.6 Å². The minimum absolute atomic E-state index is 0.000790. The van der Waals surface area contributed by atoms with Crippen LogP contribution in [0.15, 0.2) is 158 Å². The molecule has 5 heteroatoms. The van der Waals surface area contributed by atoms with Gasteiger partial charge >= 0.3 is 304 Å². The molecule has 0 aliphatic carbocycles. The molecular formula is C44H41AuClN3-2. The average Bonchev–Trinajstić information content (AvgIpc) is 3.53. The van der Waals surface area contributed by atoms with E-state index in [1.54, 1.807) is 0 Å². The molecule has 0 amide bonds. The molecule has 2 aromatic heterocycles.